The summed E-state index contributed by atoms with van der Waals surface area (Å²) >= 11 is 0. The number of fused-ring (bicyclic) bond motifs is 1. The summed E-state index contributed by atoms with van der Waals surface area (Å²) < 4.78 is 40.8. The number of hydrogen-bond donors (Lipinski definition) is 1. The van der Waals surface area contributed by atoms with Crippen LogP contribution in [0.5, 0.6) is 11.5 Å². The first-order valence-electron chi connectivity index (χ1n) is 7.03. The van der Waals surface area contributed by atoms with Crippen LogP contribution in [-0.4, -0.2) is 40.1 Å². The summed E-state index contributed by atoms with van der Waals surface area (Å²) in [6.07, 6.45) is 1.54. The Bertz CT molecular complexity index is 622. The number of benzene rings is 1. The molecule has 1 saturated heterocycles. The Morgan fingerprint density at radius 3 is 2.52 bits per heavy atom. The molecule has 1 aromatic rings. The fraction of sp³-hybridized carbons (Fsp3) is 0.571. The lowest BCUT2D eigenvalue weighted by Gasteiger charge is -2.20. The summed E-state index contributed by atoms with van der Waals surface area (Å²) in [4.78, 5) is 0. The topological polar surface area (TPSA) is 87.9 Å². The second-order valence-electron chi connectivity index (χ2n) is 5.38. The third-order valence-electron chi connectivity index (χ3n) is 3.64. The maximum atomic E-state index is 12.3. The van der Waals surface area contributed by atoms with Crippen LogP contribution in [0.1, 0.15) is 18.4 Å². The number of nitrogen functional groups attached to an aromatic ring is 1. The van der Waals surface area contributed by atoms with Crippen LogP contribution in [0.4, 0.5) is 5.69 Å². The molecule has 0 aromatic heterocycles. The van der Waals surface area contributed by atoms with Gasteiger partial charge in [-0.3, -0.25) is 0 Å². The molecule has 2 heterocycles. The molecular weight excluding hydrogens is 294 g/mol. The number of ether oxygens (including phenoxy) is 3. The van der Waals surface area contributed by atoms with Crippen molar-refractivity contribution in [2.75, 3.05) is 31.3 Å². The van der Waals surface area contributed by atoms with Crippen LogP contribution in [-0.2, 0) is 20.3 Å². The SMILES string of the molecule is Nc1cc2c(cc1CS(=O)(=O)CC1CCCO1)OCCO2. The number of sulfone groups is 1. The number of anilines is 1. The quantitative estimate of drug-likeness (QED) is 0.839. The third-order valence-corrected chi connectivity index (χ3v) is 5.27. The largest absolute Gasteiger partial charge is 0.486 e. The smallest absolute Gasteiger partial charge is 0.163 e. The molecule has 7 heteroatoms. The second kappa shape index (κ2) is 5.73. The Morgan fingerprint density at radius 2 is 1.86 bits per heavy atom. The fourth-order valence-corrected chi connectivity index (χ4v) is 4.30. The highest BCUT2D eigenvalue weighted by Gasteiger charge is 2.25. The van der Waals surface area contributed by atoms with Gasteiger partial charge in [0.15, 0.2) is 21.3 Å². The van der Waals surface area contributed by atoms with Crippen LogP contribution < -0.4 is 15.2 Å². The molecule has 1 aromatic carbocycles. The summed E-state index contributed by atoms with van der Waals surface area (Å²) in [6, 6.07) is 3.29. The average Bonchev–Trinajstić information content (AvgIpc) is 2.91. The molecule has 0 radical (unpaired) electrons. The maximum Gasteiger partial charge on any atom is 0.163 e. The van der Waals surface area contributed by atoms with Crippen molar-refractivity contribution in [2.24, 2.45) is 0 Å². The van der Waals surface area contributed by atoms with E-state index >= 15 is 0 Å². The number of hydrogen-bond acceptors (Lipinski definition) is 6. The summed E-state index contributed by atoms with van der Waals surface area (Å²) in [7, 11) is -3.27. The Balaban J connectivity index is 1.77. The first kappa shape index (κ1) is 14.5. The minimum Gasteiger partial charge on any atom is -0.486 e. The Labute approximate surface area is 124 Å². The van der Waals surface area contributed by atoms with Gasteiger partial charge in [0.05, 0.1) is 17.6 Å². The van der Waals surface area contributed by atoms with E-state index < -0.39 is 9.84 Å². The summed E-state index contributed by atoms with van der Waals surface area (Å²) in [5, 5.41) is 0. The maximum absolute atomic E-state index is 12.3. The monoisotopic (exact) mass is 313 g/mol. The summed E-state index contributed by atoms with van der Waals surface area (Å²) in [5.41, 5.74) is 6.89. The first-order valence-corrected chi connectivity index (χ1v) is 8.86. The molecule has 3 rings (SSSR count). The Morgan fingerprint density at radius 1 is 1.14 bits per heavy atom. The zero-order valence-corrected chi connectivity index (χ0v) is 12.5. The normalized spacial score (nSPS) is 21.4. The minimum atomic E-state index is -3.27. The van der Waals surface area contributed by atoms with E-state index in [1.54, 1.807) is 12.1 Å². The highest BCUT2D eigenvalue weighted by molar-refractivity contribution is 7.90. The molecule has 21 heavy (non-hydrogen) atoms. The van der Waals surface area contributed by atoms with Crippen LogP contribution in [0.25, 0.3) is 0 Å². The van der Waals surface area contributed by atoms with Crippen molar-refractivity contribution in [3.63, 3.8) is 0 Å². The van der Waals surface area contributed by atoms with Crippen LogP contribution in [0.15, 0.2) is 12.1 Å². The van der Waals surface area contributed by atoms with E-state index in [-0.39, 0.29) is 17.6 Å². The molecule has 2 aliphatic rings. The highest BCUT2D eigenvalue weighted by atomic mass is 32.2. The molecule has 2 aliphatic heterocycles. The van der Waals surface area contributed by atoms with Gasteiger partial charge in [0.1, 0.15) is 13.2 Å². The zero-order chi connectivity index (χ0) is 14.9. The summed E-state index contributed by atoms with van der Waals surface area (Å²) in [5.74, 6) is 1.06. The van der Waals surface area contributed by atoms with Crippen molar-refractivity contribution < 1.29 is 22.6 Å². The van der Waals surface area contributed by atoms with Crippen molar-refractivity contribution in [3.8, 4) is 11.5 Å². The van der Waals surface area contributed by atoms with Crippen LogP contribution in [0.2, 0.25) is 0 Å². The second-order valence-corrected chi connectivity index (χ2v) is 7.49. The van der Waals surface area contributed by atoms with Gasteiger partial charge in [-0.25, -0.2) is 8.42 Å². The molecule has 1 atom stereocenters. The first-order chi connectivity index (χ1) is 10.0. The van der Waals surface area contributed by atoms with Crippen LogP contribution in [0.3, 0.4) is 0 Å². The van der Waals surface area contributed by atoms with E-state index in [1.807, 2.05) is 0 Å². The lowest BCUT2D eigenvalue weighted by Crippen LogP contribution is -2.22. The molecule has 0 spiro atoms. The average molecular weight is 313 g/mol. The van der Waals surface area contributed by atoms with Crippen molar-refractivity contribution in [3.05, 3.63) is 17.7 Å². The molecule has 0 amide bonds. The van der Waals surface area contributed by atoms with Gasteiger partial charge < -0.3 is 19.9 Å². The van der Waals surface area contributed by atoms with Crippen molar-refractivity contribution in [2.45, 2.75) is 24.7 Å². The molecular formula is C14H19NO5S. The molecule has 0 saturated carbocycles. The van der Waals surface area contributed by atoms with Gasteiger partial charge in [-0.1, -0.05) is 0 Å². The van der Waals surface area contributed by atoms with Gasteiger partial charge in [0.2, 0.25) is 0 Å². The molecule has 0 aliphatic carbocycles. The lowest BCUT2D eigenvalue weighted by molar-refractivity contribution is 0.127. The summed E-state index contributed by atoms with van der Waals surface area (Å²) in [6.45, 7) is 1.58. The van der Waals surface area contributed by atoms with Crippen molar-refractivity contribution in [1.29, 1.82) is 0 Å². The lowest BCUT2D eigenvalue weighted by atomic mass is 10.2. The van der Waals surface area contributed by atoms with E-state index in [4.69, 9.17) is 19.9 Å². The molecule has 2 N–H and O–H groups in total. The van der Waals surface area contributed by atoms with E-state index in [9.17, 15) is 8.42 Å². The van der Waals surface area contributed by atoms with Gasteiger partial charge in [-0.05, 0) is 24.5 Å². The van der Waals surface area contributed by atoms with E-state index in [2.05, 4.69) is 0 Å². The van der Waals surface area contributed by atoms with Gasteiger partial charge >= 0.3 is 0 Å². The predicted molar refractivity (Wildman–Crippen MR) is 78.3 cm³/mol. The minimum absolute atomic E-state index is 0.0425. The van der Waals surface area contributed by atoms with E-state index in [0.717, 1.165) is 12.8 Å². The number of nitrogens with two attached hydrogens (primary N) is 1. The molecule has 6 nitrogen and oxygen atoms in total. The molecule has 1 fully saturated rings. The zero-order valence-electron chi connectivity index (χ0n) is 11.7. The fourth-order valence-electron chi connectivity index (χ4n) is 2.63. The predicted octanol–water partition coefficient (Wildman–Crippen LogP) is 1.13. The molecule has 116 valence electrons. The number of rotatable bonds is 4. The standard InChI is InChI=1S/C14H19NO5S/c15-12-7-14-13(19-4-5-20-14)6-10(12)8-21(16,17)9-11-2-1-3-18-11/h6-7,11H,1-5,8-9,15H2. The Kier molecular flexibility index (Phi) is 3.95. The van der Waals surface area contributed by atoms with Crippen molar-refractivity contribution >= 4 is 15.5 Å². The van der Waals surface area contributed by atoms with Crippen LogP contribution in [0, 0.1) is 0 Å². The van der Waals surface area contributed by atoms with Gasteiger partial charge in [-0.2, -0.15) is 0 Å². The van der Waals surface area contributed by atoms with E-state index in [0.29, 0.717) is 42.6 Å². The van der Waals surface area contributed by atoms with Gasteiger partial charge in [0.25, 0.3) is 0 Å². The third kappa shape index (κ3) is 3.41. The molecule has 1 unspecified atom stereocenters. The van der Waals surface area contributed by atoms with Gasteiger partial charge in [-0.15, -0.1) is 0 Å². The van der Waals surface area contributed by atoms with Crippen molar-refractivity contribution in [1.82, 2.24) is 0 Å². The van der Waals surface area contributed by atoms with E-state index in [1.165, 1.54) is 0 Å². The van der Waals surface area contributed by atoms with Crippen LogP contribution >= 0.6 is 0 Å². The Hall–Kier alpha value is -1.47. The van der Waals surface area contributed by atoms with Gasteiger partial charge in [0, 0.05) is 18.4 Å². The molecule has 0 bridgehead atoms. The highest BCUT2D eigenvalue weighted by Crippen LogP contribution is 2.35.